The van der Waals surface area contributed by atoms with Gasteiger partial charge in [0.15, 0.2) is 0 Å². The number of aryl methyl sites for hydroxylation is 1. The second-order valence-corrected chi connectivity index (χ2v) is 19.2. The summed E-state index contributed by atoms with van der Waals surface area (Å²) in [6.45, 7) is 19.5. The zero-order valence-corrected chi connectivity index (χ0v) is 42.8. The van der Waals surface area contributed by atoms with Crippen molar-refractivity contribution in [3.05, 3.63) is 291 Å². The molecule has 8 aromatic rings. The van der Waals surface area contributed by atoms with Gasteiger partial charge in [-0.1, -0.05) is 196 Å². The molecule has 2 atom stereocenters. The van der Waals surface area contributed by atoms with Crippen LogP contribution in [0.2, 0.25) is 0 Å². The topological polar surface area (TPSA) is 36.9 Å². The van der Waals surface area contributed by atoms with Gasteiger partial charge in [-0.15, -0.1) is 0 Å². The van der Waals surface area contributed by atoms with Crippen LogP contribution < -0.4 is 18.9 Å². The molecule has 72 heavy (non-hydrogen) atoms. The number of benzene rings is 8. The number of ether oxygens (including phenoxy) is 4. The molecule has 0 bridgehead atoms. The largest absolute Gasteiger partial charge is 0.489 e. The van der Waals surface area contributed by atoms with Crippen molar-refractivity contribution in [3.63, 3.8) is 0 Å². The van der Waals surface area contributed by atoms with Crippen molar-refractivity contribution < 1.29 is 18.9 Å². The fourth-order valence-electron chi connectivity index (χ4n) is 8.94. The normalized spacial score (nSPS) is 13.1. The summed E-state index contributed by atoms with van der Waals surface area (Å²) in [7, 11) is 0. The van der Waals surface area contributed by atoms with Gasteiger partial charge in [0.1, 0.15) is 49.4 Å². The number of halogens is 1. The smallest absolute Gasteiger partial charge is 0.126 e. The predicted molar refractivity (Wildman–Crippen MR) is 308 cm³/mol. The van der Waals surface area contributed by atoms with E-state index in [2.05, 4.69) is 238 Å². The maximum atomic E-state index is 6.96. The first-order valence-corrected chi connectivity index (χ1v) is 25.2. The third-order valence-corrected chi connectivity index (χ3v) is 13.7. The highest BCUT2D eigenvalue weighted by Gasteiger charge is 2.32. The van der Waals surface area contributed by atoms with E-state index in [0.717, 1.165) is 110 Å². The minimum Gasteiger partial charge on any atom is -0.489 e. The molecule has 0 amide bonds. The minimum absolute atomic E-state index is 0.0675. The molecule has 4 nitrogen and oxygen atoms in total. The first kappa shape index (κ1) is 49.1. The van der Waals surface area contributed by atoms with Crippen molar-refractivity contribution in [2.75, 3.05) is 0 Å². The van der Waals surface area contributed by atoms with Crippen LogP contribution in [-0.4, -0.2) is 0 Å². The molecule has 2 unspecified atom stereocenters. The fraction of sp³-hybridized carbons (Fsp3) is 0.104. The number of hydrogen-bond acceptors (Lipinski definition) is 4. The Kier molecular flexibility index (Phi) is 15.9. The van der Waals surface area contributed by atoms with Gasteiger partial charge in [-0.05, 0) is 150 Å². The molecule has 8 aromatic carbocycles. The van der Waals surface area contributed by atoms with E-state index in [1.165, 1.54) is 0 Å². The van der Waals surface area contributed by atoms with Crippen LogP contribution in [0.15, 0.2) is 220 Å². The molecule has 9 rings (SSSR count). The third kappa shape index (κ3) is 12.2. The van der Waals surface area contributed by atoms with Gasteiger partial charge >= 0.3 is 0 Å². The molecule has 0 heterocycles. The molecule has 0 N–H and O–H groups in total. The van der Waals surface area contributed by atoms with Crippen LogP contribution in [0.25, 0.3) is 41.0 Å². The van der Waals surface area contributed by atoms with Crippen molar-refractivity contribution in [2.45, 2.75) is 39.3 Å². The Labute approximate surface area is 438 Å². The van der Waals surface area contributed by atoms with E-state index < -0.39 is 0 Å². The summed E-state index contributed by atoms with van der Waals surface area (Å²) in [5, 5.41) is 0. The van der Waals surface area contributed by atoms with Crippen LogP contribution in [0.3, 0.4) is 0 Å². The van der Waals surface area contributed by atoms with Gasteiger partial charge in [0, 0.05) is 26.5 Å². The van der Waals surface area contributed by atoms with E-state index in [1.807, 2.05) is 36.4 Å². The molecule has 0 radical (unpaired) electrons. The average molecular weight is 1050 g/mol. The van der Waals surface area contributed by atoms with E-state index in [-0.39, 0.29) is 11.8 Å². The predicted octanol–water partition coefficient (Wildman–Crippen LogP) is 17.6. The fourth-order valence-corrected chi connectivity index (χ4v) is 9.74. The van der Waals surface area contributed by atoms with Crippen LogP contribution in [0.1, 0.15) is 72.7 Å². The Balaban J connectivity index is 1.09. The van der Waals surface area contributed by atoms with E-state index in [9.17, 15) is 0 Å². The zero-order chi connectivity index (χ0) is 49.8. The summed E-state index contributed by atoms with van der Waals surface area (Å²) in [5.41, 5.74) is 16.2. The number of hydrogen-bond donors (Lipinski definition) is 0. The lowest BCUT2D eigenvalue weighted by Crippen LogP contribution is -2.15. The lowest BCUT2D eigenvalue weighted by Gasteiger charge is -2.28. The standard InChI is InChI=1S/C67H57IO4/c1-6-47-10-18-51(19-11-47)42-69-61-33-28-55(29-34-61)57-26-27-59(39-57)66(64-41-60(68)38-46(5)67(64)72-45-54-24-16-50(9-4)17-25-54)63-40-58(32-37-65(63)71-44-53-22-14-49(8-3)15-23-53)56-30-35-62(36-31-56)70-43-52-20-12-48(7-2)13-21-52/h6-41,59,66H,1-4,42-45H2,5H3. The average Bonchev–Trinajstić information content (AvgIpc) is 3.92. The molecule has 0 aromatic heterocycles. The van der Waals surface area contributed by atoms with Crippen molar-refractivity contribution >= 4 is 52.5 Å². The van der Waals surface area contributed by atoms with Crippen LogP contribution in [0.4, 0.5) is 0 Å². The summed E-state index contributed by atoms with van der Waals surface area (Å²) in [5.74, 6) is 3.00. The van der Waals surface area contributed by atoms with Gasteiger partial charge in [-0.25, -0.2) is 0 Å². The molecule has 0 saturated carbocycles. The summed E-state index contributed by atoms with van der Waals surface area (Å²) in [6, 6.07) is 61.1. The van der Waals surface area contributed by atoms with E-state index in [4.69, 9.17) is 18.9 Å². The highest BCUT2D eigenvalue weighted by Crippen LogP contribution is 2.48. The van der Waals surface area contributed by atoms with Crippen molar-refractivity contribution in [1.82, 2.24) is 0 Å². The molecule has 5 heteroatoms. The minimum atomic E-state index is -0.214. The number of allylic oxidation sites excluding steroid dienone is 4. The lowest BCUT2D eigenvalue weighted by molar-refractivity contribution is 0.294. The zero-order valence-electron chi connectivity index (χ0n) is 40.6. The van der Waals surface area contributed by atoms with E-state index in [0.29, 0.717) is 26.4 Å². The first-order chi connectivity index (χ1) is 35.2. The molecule has 1 aliphatic rings. The summed E-state index contributed by atoms with van der Waals surface area (Å²) >= 11 is 2.44. The Morgan fingerprint density at radius 1 is 0.458 bits per heavy atom. The third-order valence-electron chi connectivity index (χ3n) is 13.0. The Morgan fingerprint density at radius 3 is 1.36 bits per heavy atom. The van der Waals surface area contributed by atoms with Gasteiger partial charge < -0.3 is 18.9 Å². The van der Waals surface area contributed by atoms with Crippen molar-refractivity contribution in [3.8, 4) is 34.1 Å². The Hall–Kier alpha value is -7.87. The Bertz CT molecular complexity index is 3230. The van der Waals surface area contributed by atoms with Crippen molar-refractivity contribution in [1.29, 1.82) is 0 Å². The van der Waals surface area contributed by atoms with Gasteiger partial charge in [0.05, 0.1) is 0 Å². The van der Waals surface area contributed by atoms with E-state index in [1.54, 1.807) is 0 Å². The van der Waals surface area contributed by atoms with Gasteiger partial charge in [-0.3, -0.25) is 0 Å². The number of rotatable bonds is 21. The molecule has 1 aliphatic carbocycles. The quantitative estimate of drug-likeness (QED) is 0.0672. The molecule has 0 aliphatic heterocycles. The van der Waals surface area contributed by atoms with Crippen molar-refractivity contribution in [2.24, 2.45) is 5.92 Å². The maximum absolute atomic E-state index is 6.96. The highest BCUT2D eigenvalue weighted by atomic mass is 127. The summed E-state index contributed by atoms with van der Waals surface area (Å²) in [6.07, 6.45) is 14.4. The highest BCUT2D eigenvalue weighted by molar-refractivity contribution is 14.1. The molecule has 0 spiro atoms. The maximum Gasteiger partial charge on any atom is 0.126 e. The second-order valence-electron chi connectivity index (χ2n) is 17.9. The van der Waals surface area contributed by atoms with Crippen LogP contribution in [0.5, 0.6) is 23.0 Å². The molecule has 0 saturated heterocycles. The first-order valence-electron chi connectivity index (χ1n) is 24.2. The van der Waals surface area contributed by atoms with Gasteiger partial charge in [-0.2, -0.15) is 0 Å². The molecular formula is C67H57IO4. The molecule has 356 valence electrons. The Morgan fingerprint density at radius 2 is 0.889 bits per heavy atom. The SMILES string of the molecule is C=Cc1ccc(COc2ccc(C3=CC(C(c4cc(-c5ccc(OCc6ccc(C=C)cc6)cc5)ccc4OCc4ccc(C=C)cc4)c4cc(I)cc(C)c4OCc4ccc(C=C)cc4)C=C3)cc2)cc1. The molecular weight excluding hydrogens is 996 g/mol. The molecule has 0 fully saturated rings. The van der Waals surface area contributed by atoms with Crippen LogP contribution >= 0.6 is 22.6 Å². The lowest BCUT2D eigenvalue weighted by atomic mass is 9.79. The van der Waals surface area contributed by atoms with Crippen LogP contribution in [0, 0.1) is 16.4 Å². The summed E-state index contributed by atoms with van der Waals surface area (Å²) < 4.78 is 27.5. The van der Waals surface area contributed by atoms with Gasteiger partial charge in [0.25, 0.3) is 0 Å². The second kappa shape index (κ2) is 23.4. The van der Waals surface area contributed by atoms with E-state index >= 15 is 0 Å². The monoisotopic (exact) mass is 1050 g/mol. The van der Waals surface area contributed by atoms with Gasteiger partial charge in [0.2, 0.25) is 0 Å². The van der Waals surface area contributed by atoms with Crippen LogP contribution in [-0.2, 0) is 26.4 Å². The summed E-state index contributed by atoms with van der Waals surface area (Å²) in [4.78, 5) is 0.